The van der Waals surface area contributed by atoms with Gasteiger partial charge in [-0.05, 0) is 13.3 Å². The molecule has 3 nitrogen and oxygen atoms in total. The van der Waals surface area contributed by atoms with Gasteiger partial charge in [-0.2, -0.15) is 0 Å². The van der Waals surface area contributed by atoms with Crippen LogP contribution in [0.15, 0.2) is 0 Å². The van der Waals surface area contributed by atoms with E-state index >= 15 is 0 Å². The van der Waals surface area contributed by atoms with Crippen LogP contribution in [0.25, 0.3) is 0 Å². The van der Waals surface area contributed by atoms with Crippen LogP contribution in [0, 0.1) is 0 Å². The van der Waals surface area contributed by atoms with Gasteiger partial charge in [-0.3, -0.25) is 0 Å². The lowest BCUT2D eigenvalue weighted by Crippen LogP contribution is -2.30. The Morgan fingerprint density at radius 3 is 2.64 bits per heavy atom. The van der Waals surface area contributed by atoms with E-state index in [1.807, 2.05) is 0 Å². The van der Waals surface area contributed by atoms with Crippen molar-refractivity contribution in [2.75, 3.05) is 18.8 Å². The van der Waals surface area contributed by atoms with Crippen molar-refractivity contribution < 1.29 is 8.42 Å². The van der Waals surface area contributed by atoms with Crippen LogP contribution < -0.4 is 0 Å². The Labute approximate surface area is 72.4 Å². The van der Waals surface area contributed by atoms with Crippen molar-refractivity contribution in [3.63, 3.8) is 0 Å². The molecule has 0 aliphatic carbocycles. The fourth-order valence-electron chi connectivity index (χ4n) is 1.12. The predicted octanol–water partition coefficient (Wildman–Crippen LogP) is 0.649. The fraction of sp³-hybridized carbons (Fsp3) is 1.00. The molecule has 1 atom stereocenters. The van der Waals surface area contributed by atoms with Gasteiger partial charge in [0.05, 0.1) is 5.75 Å². The van der Waals surface area contributed by atoms with E-state index in [0.717, 1.165) is 6.42 Å². The maximum absolute atomic E-state index is 11.2. The number of hydrogen-bond acceptors (Lipinski definition) is 2. The first kappa shape index (κ1) is 9.29. The fourth-order valence-corrected chi connectivity index (χ4v) is 2.62. The highest BCUT2D eigenvalue weighted by molar-refractivity contribution is 7.89. The molecule has 1 saturated heterocycles. The standard InChI is InChI=1S/C6H12ClNO2S/c1-2-11(9,10)8-4-3-6(7)5-8/h6H,2-5H2,1H3. The lowest BCUT2D eigenvalue weighted by Gasteiger charge is -2.13. The van der Waals surface area contributed by atoms with Crippen LogP contribution in [-0.4, -0.2) is 36.9 Å². The van der Waals surface area contributed by atoms with E-state index in [-0.39, 0.29) is 11.1 Å². The van der Waals surface area contributed by atoms with Gasteiger partial charge in [0.25, 0.3) is 0 Å². The third-order valence-corrected chi connectivity index (χ3v) is 4.06. The third-order valence-electron chi connectivity index (χ3n) is 1.85. The number of hydrogen-bond donors (Lipinski definition) is 0. The summed E-state index contributed by atoms with van der Waals surface area (Å²) in [6.07, 6.45) is 0.779. The molecule has 5 heteroatoms. The smallest absolute Gasteiger partial charge is 0.212 e. The van der Waals surface area contributed by atoms with Crippen molar-refractivity contribution in [2.45, 2.75) is 18.7 Å². The summed E-state index contributed by atoms with van der Waals surface area (Å²) in [5.74, 6) is 0.177. The Balaban J connectivity index is 2.64. The summed E-state index contributed by atoms with van der Waals surface area (Å²) >= 11 is 5.76. The van der Waals surface area contributed by atoms with Crippen molar-refractivity contribution in [1.29, 1.82) is 0 Å². The van der Waals surface area contributed by atoms with Gasteiger partial charge < -0.3 is 0 Å². The second-order valence-electron chi connectivity index (χ2n) is 2.64. The van der Waals surface area contributed by atoms with Gasteiger partial charge in [0.15, 0.2) is 0 Å². The Morgan fingerprint density at radius 2 is 2.27 bits per heavy atom. The van der Waals surface area contributed by atoms with Crippen LogP contribution in [0.4, 0.5) is 0 Å². The molecule has 11 heavy (non-hydrogen) atoms. The lowest BCUT2D eigenvalue weighted by atomic mass is 10.4. The topological polar surface area (TPSA) is 37.4 Å². The zero-order valence-electron chi connectivity index (χ0n) is 6.46. The van der Waals surface area contributed by atoms with E-state index < -0.39 is 10.0 Å². The largest absolute Gasteiger partial charge is 0.213 e. The number of halogens is 1. The third kappa shape index (κ3) is 2.07. The van der Waals surface area contributed by atoms with Gasteiger partial charge in [0.2, 0.25) is 10.0 Å². The van der Waals surface area contributed by atoms with Crippen LogP contribution in [0.3, 0.4) is 0 Å². The molecule has 0 spiro atoms. The van der Waals surface area contributed by atoms with Gasteiger partial charge >= 0.3 is 0 Å². The zero-order chi connectivity index (χ0) is 8.48. The summed E-state index contributed by atoms with van der Waals surface area (Å²) in [4.78, 5) is 0. The molecule has 0 N–H and O–H groups in total. The van der Waals surface area contributed by atoms with Crippen LogP contribution in [0.1, 0.15) is 13.3 Å². The first-order valence-electron chi connectivity index (χ1n) is 3.68. The Bertz CT molecular complexity index is 227. The van der Waals surface area contributed by atoms with Gasteiger partial charge in [-0.15, -0.1) is 11.6 Å². The second kappa shape index (κ2) is 3.29. The van der Waals surface area contributed by atoms with E-state index in [4.69, 9.17) is 11.6 Å². The number of sulfonamides is 1. The minimum atomic E-state index is -2.98. The highest BCUT2D eigenvalue weighted by atomic mass is 35.5. The van der Waals surface area contributed by atoms with Crippen LogP contribution >= 0.6 is 11.6 Å². The minimum absolute atomic E-state index is 0.0105. The summed E-state index contributed by atoms with van der Waals surface area (Å²) in [5, 5.41) is 0.0105. The summed E-state index contributed by atoms with van der Waals surface area (Å²) < 4.78 is 23.9. The van der Waals surface area contributed by atoms with Gasteiger partial charge in [0, 0.05) is 18.5 Å². The molecule has 0 saturated carbocycles. The Hall–Kier alpha value is 0.200. The SMILES string of the molecule is CCS(=O)(=O)N1CCC(Cl)C1. The number of rotatable bonds is 2. The summed E-state index contributed by atoms with van der Waals surface area (Å²) in [7, 11) is -2.98. The van der Waals surface area contributed by atoms with Crippen LogP contribution in [-0.2, 0) is 10.0 Å². The zero-order valence-corrected chi connectivity index (χ0v) is 8.03. The molecule has 1 aliphatic heterocycles. The molecule has 0 aromatic heterocycles. The maximum Gasteiger partial charge on any atom is 0.213 e. The normalized spacial score (nSPS) is 27.6. The monoisotopic (exact) mass is 197 g/mol. The van der Waals surface area contributed by atoms with E-state index in [1.54, 1.807) is 6.92 Å². The van der Waals surface area contributed by atoms with Crippen LogP contribution in [0.2, 0.25) is 0 Å². The molecular formula is C6H12ClNO2S. The molecule has 0 aromatic rings. The van der Waals surface area contributed by atoms with Crippen molar-refractivity contribution in [2.24, 2.45) is 0 Å². The predicted molar refractivity (Wildman–Crippen MR) is 45.3 cm³/mol. The lowest BCUT2D eigenvalue weighted by molar-refractivity contribution is 0.479. The highest BCUT2D eigenvalue weighted by Gasteiger charge is 2.28. The van der Waals surface area contributed by atoms with Crippen molar-refractivity contribution >= 4 is 21.6 Å². The molecule has 0 aromatic carbocycles. The van der Waals surface area contributed by atoms with Gasteiger partial charge in [-0.1, -0.05) is 0 Å². The molecular weight excluding hydrogens is 186 g/mol. The molecule has 66 valence electrons. The summed E-state index contributed by atoms with van der Waals surface area (Å²) in [5.41, 5.74) is 0. The van der Waals surface area contributed by atoms with Gasteiger partial charge in [-0.25, -0.2) is 12.7 Å². The Kier molecular flexibility index (Phi) is 2.78. The molecule has 0 amide bonds. The van der Waals surface area contributed by atoms with Crippen molar-refractivity contribution in [3.05, 3.63) is 0 Å². The number of alkyl halides is 1. The Morgan fingerprint density at radius 1 is 1.64 bits per heavy atom. The number of nitrogens with zero attached hydrogens (tertiary/aromatic N) is 1. The molecule has 1 heterocycles. The van der Waals surface area contributed by atoms with E-state index in [1.165, 1.54) is 4.31 Å². The molecule has 1 rings (SSSR count). The molecule has 0 bridgehead atoms. The maximum atomic E-state index is 11.2. The second-order valence-corrected chi connectivity index (χ2v) is 5.52. The molecule has 1 aliphatic rings. The molecule has 0 radical (unpaired) electrons. The van der Waals surface area contributed by atoms with Gasteiger partial charge in [0.1, 0.15) is 0 Å². The summed E-state index contributed by atoms with van der Waals surface area (Å²) in [6.45, 7) is 2.72. The average molecular weight is 198 g/mol. The highest BCUT2D eigenvalue weighted by Crippen LogP contribution is 2.17. The van der Waals surface area contributed by atoms with Crippen LogP contribution in [0.5, 0.6) is 0 Å². The van der Waals surface area contributed by atoms with Crippen molar-refractivity contribution in [1.82, 2.24) is 4.31 Å². The molecule has 1 unspecified atom stereocenters. The van der Waals surface area contributed by atoms with E-state index in [9.17, 15) is 8.42 Å². The average Bonchev–Trinajstić information content (AvgIpc) is 2.36. The first-order valence-corrected chi connectivity index (χ1v) is 5.72. The molecule has 1 fully saturated rings. The van der Waals surface area contributed by atoms with Crippen molar-refractivity contribution in [3.8, 4) is 0 Å². The quantitative estimate of drug-likeness (QED) is 0.610. The minimum Gasteiger partial charge on any atom is -0.212 e. The summed E-state index contributed by atoms with van der Waals surface area (Å²) in [6, 6.07) is 0. The first-order chi connectivity index (χ1) is 5.06. The van der Waals surface area contributed by atoms with E-state index in [0.29, 0.717) is 13.1 Å². The van der Waals surface area contributed by atoms with E-state index in [2.05, 4.69) is 0 Å².